The molecule has 2 aliphatic heterocycles. The molecule has 0 aromatic heterocycles. The van der Waals surface area contributed by atoms with Crippen LogP contribution in [0.1, 0.15) is 71.6 Å². The minimum absolute atomic E-state index is 0.0236. The molecular formula is C48H42Cl2N4O7. The third-order valence-corrected chi connectivity index (χ3v) is 12.4. The van der Waals surface area contributed by atoms with Gasteiger partial charge >= 0.3 is 5.97 Å². The van der Waals surface area contributed by atoms with Gasteiger partial charge in [-0.3, -0.25) is 14.4 Å². The molecule has 8 rings (SSSR count). The third-order valence-electron chi connectivity index (χ3n) is 11.7. The van der Waals surface area contributed by atoms with Crippen molar-refractivity contribution in [2.45, 2.75) is 76.3 Å². The molecule has 310 valence electrons. The van der Waals surface area contributed by atoms with Crippen LogP contribution in [0.4, 0.5) is 5.69 Å². The molecule has 5 aromatic rings. The molecule has 1 fully saturated rings. The Morgan fingerprint density at radius 3 is 2.31 bits per heavy atom. The lowest BCUT2D eigenvalue weighted by atomic mass is 9.90. The van der Waals surface area contributed by atoms with Crippen molar-refractivity contribution in [3.63, 3.8) is 0 Å². The molecule has 1 unspecified atom stereocenters. The Balaban J connectivity index is 1.01. The second-order valence-electron chi connectivity index (χ2n) is 15.8. The summed E-state index contributed by atoms with van der Waals surface area (Å²) in [6.07, 6.45) is 3.39. The van der Waals surface area contributed by atoms with E-state index in [1.807, 2.05) is 42.5 Å². The number of anilines is 1. The Hall–Kier alpha value is -6.35. The van der Waals surface area contributed by atoms with E-state index in [9.17, 15) is 24.3 Å². The average molecular weight is 858 g/mol. The number of hydrogen-bond acceptors (Lipinski definition) is 7. The van der Waals surface area contributed by atoms with Crippen molar-refractivity contribution in [1.82, 2.24) is 10.2 Å². The number of nitriles is 1. The number of nitrogens with zero attached hydrogens (tertiary/aromatic N) is 2. The van der Waals surface area contributed by atoms with Crippen molar-refractivity contribution in [3.05, 3.63) is 147 Å². The van der Waals surface area contributed by atoms with Crippen LogP contribution in [0.3, 0.4) is 0 Å². The molecule has 3 aliphatic rings. The molecule has 0 bridgehead atoms. The van der Waals surface area contributed by atoms with Gasteiger partial charge in [0.15, 0.2) is 0 Å². The standard InChI is InChI=1S/C48H42Cl2N4O7/c49-37-18-13-31(19-38(37)50)27-60-42-8-4-3-7-36(42)45-47(57)52-39-22-34-23-41(54(26-35(34)24-43(39)61-45)44(55)21-28-5-1-2-6-28)46(56)53-40(48(58)59)20-29-9-14-32(15-10-29)33-16-11-30(25-51)12-17-33/h3-4,7-19,22,24,28,40-41,45H,1-2,5-6,20-21,23,26-27H2,(H,52,57)(H,53,56)(H,58,59)/t40-,41?,45-/m0/s1. The minimum Gasteiger partial charge on any atom is -0.488 e. The predicted octanol–water partition coefficient (Wildman–Crippen LogP) is 8.83. The number of carboxylic acids is 1. The van der Waals surface area contributed by atoms with Crippen LogP contribution < -0.4 is 20.1 Å². The number of rotatable bonds is 12. The number of ether oxygens (including phenoxy) is 2. The van der Waals surface area contributed by atoms with E-state index in [0.29, 0.717) is 50.3 Å². The first-order valence-corrected chi connectivity index (χ1v) is 21.0. The molecule has 61 heavy (non-hydrogen) atoms. The van der Waals surface area contributed by atoms with Crippen molar-refractivity contribution in [2.75, 3.05) is 5.32 Å². The van der Waals surface area contributed by atoms with Crippen molar-refractivity contribution in [2.24, 2.45) is 5.92 Å². The first-order valence-electron chi connectivity index (χ1n) is 20.2. The van der Waals surface area contributed by atoms with Gasteiger partial charge in [0.1, 0.15) is 30.2 Å². The van der Waals surface area contributed by atoms with Crippen molar-refractivity contribution < 1.29 is 33.8 Å². The van der Waals surface area contributed by atoms with Gasteiger partial charge in [-0.15, -0.1) is 0 Å². The number of carboxylic acid groups (broad SMARTS) is 1. The fraction of sp³-hybridized carbons (Fsp3) is 0.271. The largest absolute Gasteiger partial charge is 0.488 e. The number of hydrogen-bond donors (Lipinski definition) is 3. The number of amides is 3. The molecule has 5 aromatic carbocycles. The van der Waals surface area contributed by atoms with Crippen LogP contribution in [0.25, 0.3) is 11.1 Å². The predicted molar refractivity (Wildman–Crippen MR) is 230 cm³/mol. The second-order valence-corrected chi connectivity index (χ2v) is 16.6. The monoisotopic (exact) mass is 856 g/mol. The number of carbonyl (C=O) groups excluding carboxylic acids is 3. The van der Waals surface area contributed by atoms with Crippen LogP contribution in [-0.2, 0) is 45.2 Å². The summed E-state index contributed by atoms with van der Waals surface area (Å²) in [5.41, 5.74) is 6.30. The molecule has 3 N–H and O–H groups in total. The van der Waals surface area contributed by atoms with Gasteiger partial charge in [-0.05, 0) is 94.6 Å². The van der Waals surface area contributed by atoms with E-state index in [2.05, 4.69) is 16.7 Å². The molecule has 2 heterocycles. The summed E-state index contributed by atoms with van der Waals surface area (Å²) in [5.74, 6) is -1.26. The highest BCUT2D eigenvalue weighted by Gasteiger charge is 2.39. The summed E-state index contributed by atoms with van der Waals surface area (Å²) in [6.45, 7) is 0.277. The molecular weight excluding hydrogens is 815 g/mol. The van der Waals surface area contributed by atoms with Crippen molar-refractivity contribution >= 4 is 52.6 Å². The summed E-state index contributed by atoms with van der Waals surface area (Å²) < 4.78 is 12.5. The molecule has 3 atom stereocenters. The Bertz CT molecular complexity index is 2530. The van der Waals surface area contributed by atoms with Gasteiger partial charge in [0.05, 0.1) is 27.4 Å². The normalized spacial score (nSPS) is 17.5. The lowest BCUT2D eigenvalue weighted by Gasteiger charge is -2.38. The Morgan fingerprint density at radius 1 is 0.902 bits per heavy atom. The molecule has 0 saturated heterocycles. The Labute approximate surface area is 363 Å². The van der Waals surface area contributed by atoms with Crippen LogP contribution >= 0.6 is 23.2 Å². The van der Waals surface area contributed by atoms with E-state index in [1.54, 1.807) is 65.6 Å². The zero-order chi connectivity index (χ0) is 42.6. The SMILES string of the molecule is N#Cc1ccc(-c2ccc(C[C@H](NC(=O)C3Cc4cc5c(cc4CN3C(=O)CC3CCCC3)O[C@@H](c3ccccc3OCc3ccc(Cl)c(Cl)c3)C(=O)N5)C(=O)O)cc2)cc1. The zero-order valence-electron chi connectivity index (χ0n) is 33.0. The number of nitrogens with one attached hydrogen (secondary N) is 2. The van der Waals surface area contributed by atoms with E-state index >= 15 is 0 Å². The van der Waals surface area contributed by atoms with E-state index in [4.69, 9.17) is 37.9 Å². The van der Waals surface area contributed by atoms with E-state index in [1.165, 1.54) is 0 Å². The van der Waals surface area contributed by atoms with Crippen LogP contribution in [0.5, 0.6) is 11.5 Å². The van der Waals surface area contributed by atoms with Crippen molar-refractivity contribution in [3.8, 4) is 28.7 Å². The summed E-state index contributed by atoms with van der Waals surface area (Å²) in [5, 5.41) is 26.0. The van der Waals surface area contributed by atoms with Gasteiger partial charge in [0.2, 0.25) is 17.9 Å². The van der Waals surface area contributed by atoms with Crippen LogP contribution in [0.15, 0.2) is 103 Å². The number of para-hydroxylation sites is 1. The Kier molecular flexibility index (Phi) is 12.3. The van der Waals surface area contributed by atoms with Gasteiger partial charge in [-0.25, -0.2) is 4.79 Å². The molecule has 1 saturated carbocycles. The van der Waals surface area contributed by atoms with E-state index < -0.39 is 36.0 Å². The quantitative estimate of drug-likeness (QED) is 0.112. The summed E-state index contributed by atoms with van der Waals surface area (Å²) in [4.78, 5) is 56.1. The fourth-order valence-corrected chi connectivity index (χ4v) is 8.68. The van der Waals surface area contributed by atoms with Gasteiger partial charge < -0.3 is 30.1 Å². The lowest BCUT2D eigenvalue weighted by Crippen LogP contribution is -2.56. The molecule has 0 spiro atoms. The summed E-state index contributed by atoms with van der Waals surface area (Å²) in [7, 11) is 0. The second kappa shape index (κ2) is 18.1. The highest BCUT2D eigenvalue weighted by molar-refractivity contribution is 6.42. The third kappa shape index (κ3) is 9.36. The maximum absolute atomic E-state index is 14.2. The average Bonchev–Trinajstić information content (AvgIpc) is 3.78. The van der Waals surface area contributed by atoms with Crippen LogP contribution in [0, 0.1) is 17.2 Å². The maximum atomic E-state index is 14.2. The summed E-state index contributed by atoms with van der Waals surface area (Å²) in [6, 6.07) is 30.3. The highest BCUT2D eigenvalue weighted by atomic mass is 35.5. The minimum atomic E-state index is -1.26. The molecule has 3 amide bonds. The lowest BCUT2D eigenvalue weighted by molar-refractivity contribution is -0.145. The zero-order valence-corrected chi connectivity index (χ0v) is 34.5. The molecule has 13 heteroatoms. The van der Waals surface area contributed by atoms with Gasteiger partial charge in [-0.1, -0.05) is 96.7 Å². The summed E-state index contributed by atoms with van der Waals surface area (Å²) >= 11 is 12.3. The highest BCUT2D eigenvalue weighted by Crippen LogP contribution is 2.42. The smallest absolute Gasteiger partial charge is 0.326 e. The number of carbonyl (C=O) groups is 4. The fourth-order valence-electron chi connectivity index (χ4n) is 8.36. The van der Waals surface area contributed by atoms with Gasteiger partial charge in [-0.2, -0.15) is 5.26 Å². The number of halogens is 2. The number of aliphatic carboxylic acids is 1. The Morgan fingerprint density at radius 2 is 1.61 bits per heavy atom. The molecule has 0 radical (unpaired) electrons. The first-order chi connectivity index (χ1) is 29.5. The van der Waals surface area contributed by atoms with Crippen molar-refractivity contribution in [1.29, 1.82) is 5.26 Å². The molecule has 1 aliphatic carbocycles. The van der Waals surface area contributed by atoms with E-state index in [-0.39, 0.29) is 37.8 Å². The number of fused-ring (bicyclic) bond motifs is 2. The van der Waals surface area contributed by atoms with Gasteiger partial charge in [0, 0.05) is 31.4 Å². The number of benzene rings is 5. The first kappa shape index (κ1) is 41.4. The topological polar surface area (TPSA) is 158 Å². The molecule has 11 nitrogen and oxygen atoms in total. The van der Waals surface area contributed by atoms with E-state index in [0.717, 1.165) is 53.5 Å². The van der Waals surface area contributed by atoms with Crippen LogP contribution in [0.2, 0.25) is 10.0 Å². The van der Waals surface area contributed by atoms with Crippen LogP contribution in [-0.4, -0.2) is 45.8 Å². The van der Waals surface area contributed by atoms with Gasteiger partial charge in [0.25, 0.3) is 5.91 Å². The maximum Gasteiger partial charge on any atom is 0.326 e.